The summed E-state index contributed by atoms with van der Waals surface area (Å²) in [6.07, 6.45) is 6.44. The molecule has 1 fully saturated rings. The average molecular weight is 489 g/mol. The van der Waals surface area contributed by atoms with E-state index in [9.17, 15) is 9.59 Å². The van der Waals surface area contributed by atoms with Crippen LogP contribution in [0.2, 0.25) is 0 Å². The van der Waals surface area contributed by atoms with Crippen molar-refractivity contribution in [2.24, 2.45) is 0 Å². The van der Waals surface area contributed by atoms with Gasteiger partial charge in [-0.3, -0.25) is 19.9 Å². The highest BCUT2D eigenvalue weighted by atomic mass is 16.2. The van der Waals surface area contributed by atoms with Gasteiger partial charge in [-0.15, -0.1) is 0 Å². The number of rotatable bonds is 6. The molecule has 0 bridgehead atoms. The van der Waals surface area contributed by atoms with Crippen LogP contribution in [0.5, 0.6) is 0 Å². The Kier molecular flexibility index (Phi) is 7.84. The highest BCUT2D eigenvalue weighted by Crippen LogP contribution is 2.32. The third kappa shape index (κ3) is 5.82. The number of hydrogen-bond donors (Lipinski definition) is 1. The number of likely N-dealkylation sites (tertiary alicyclic amines) is 1. The molecule has 3 aromatic rings. The molecule has 36 heavy (non-hydrogen) atoms. The Bertz CT molecular complexity index is 1270. The van der Waals surface area contributed by atoms with Crippen molar-refractivity contribution in [3.05, 3.63) is 65.0 Å². The van der Waals surface area contributed by atoms with E-state index >= 15 is 0 Å². The Labute approximate surface area is 213 Å². The molecule has 1 atom stereocenters. The lowest BCUT2D eigenvalue weighted by Gasteiger charge is -2.26. The van der Waals surface area contributed by atoms with Crippen molar-refractivity contribution >= 4 is 28.8 Å². The molecule has 8 heteroatoms. The molecular formula is C28H36N6O2. The maximum atomic E-state index is 13.3. The molecule has 2 amide bonds. The summed E-state index contributed by atoms with van der Waals surface area (Å²) in [6, 6.07) is 9.58. The Morgan fingerprint density at radius 1 is 1.11 bits per heavy atom. The van der Waals surface area contributed by atoms with Gasteiger partial charge in [-0.2, -0.15) is 0 Å². The van der Waals surface area contributed by atoms with Gasteiger partial charge in [-0.25, -0.2) is 4.98 Å². The van der Waals surface area contributed by atoms with Crippen LogP contribution in [0.3, 0.4) is 0 Å². The van der Waals surface area contributed by atoms with Gasteiger partial charge < -0.3 is 14.4 Å². The first-order valence-corrected chi connectivity index (χ1v) is 12.6. The summed E-state index contributed by atoms with van der Waals surface area (Å²) < 4.78 is 2.14. The predicted molar refractivity (Wildman–Crippen MR) is 143 cm³/mol. The van der Waals surface area contributed by atoms with Crippen LogP contribution >= 0.6 is 0 Å². The minimum Gasteiger partial charge on any atom is -0.337 e. The van der Waals surface area contributed by atoms with E-state index in [-0.39, 0.29) is 17.9 Å². The molecule has 0 spiro atoms. The molecule has 0 saturated carbocycles. The van der Waals surface area contributed by atoms with Crippen LogP contribution in [-0.4, -0.2) is 69.9 Å². The number of aromatic nitrogens is 3. The van der Waals surface area contributed by atoms with Crippen LogP contribution in [0.25, 0.3) is 11.0 Å². The quantitative estimate of drug-likeness (QED) is 0.524. The number of anilines is 1. The van der Waals surface area contributed by atoms with Crippen molar-refractivity contribution < 1.29 is 9.59 Å². The zero-order valence-electron chi connectivity index (χ0n) is 21.9. The lowest BCUT2D eigenvalue weighted by Crippen LogP contribution is -2.35. The molecule has 1 unspecified atom stereocenters. The van der Waals surface area contributed by atoms with Crippen molar-refractivity contribution in [2.45, 2.75) is 46.1 Å². The first-order valence-electron chi connectivity index (χ1n) is 12.6. The molecule has 3 heterocycles. The van der Waals surface area contributed by atoms with E-state index in [1.54, 1.807) is 18.2 Å². The molecule has 0 aliphatic carbocycles. The molecular weight excluding hydrogens is 452 g/mol. The minimum absolute atomic E-state index is 0.000936. The predicted octanol–water partition coefficient (Wildman–Crippen LogP) is 4.28. The van der Waals surface area contributed by atoms with Crippen LogP contribution in [0.15, 0.2) is 42.5 Å². The van der Waals surface area contributed by atoms with Gasteiger partial charge in [0, 0.05) is 42.7 Å². The fourth-order valence-electron chi connectivity index (χ4n) is 4.90. The molecule has 0 radical (unpaired) electrons. The molecule has 1 N–H and O–H groups in total. The maximum absolute atomic E-state index is 13.3. The maximum Gasteiger partial charge on any atom is 0.258 e. The van der Waals surface area contributed by atoms with Gasteiger partial charge in [0.25, 0.3) is 5.91 Å². The number of pyridine rings is 1. The first-order chi connectivity index (χ1) is 17.2. The largest absolute Gasteiger partial charge is 0.337 e. The molecule has 1 saturated heterocycles. The number of carbonyl (C=O) groups is 2. The van der Waals surface area contributed by atoms with Gasteiger partial charge in [-0.05, 0) is 77.9 Å². The summed E-state index contributed by atoms with van der Waals surface area (Å²) in [5.74, 6) is 0.322. The first kappa shape index (κ1) is 25.6. The van der Waals surface area contributed by atoms with Crippen LogP contribution < -0.4 is 5.32 Å². The van der Waals surface area contributed by atoms with Gasteiger partial charge >= 0.3 is 0 Å². The molecule has 2 aromatic heterocycles. The second-order valence-electron chi connectivity index (χ2n) is 9.94. The lowest BCUT2D eigenvalue weighted by atomic mass is 10.1. The van der Waals surface area contributed by atoms with E-state index in [1.165, 1.54) is 0 Å². The second-order valence-corrected chi connectivity index (χ2v) is 9.94. The number of para-hydroxylation sites is 1. The fraction of sp³-hybridized carbons (Fsp3) is 0.429. The van der Waals surface area contributed by atoms with E-state index in [0.29, 0.717) is 18.1 Å². The molecule has 1 aliphatic heterocycles. The lowest BCUT2D eigenvalue weighted by molar-refractivity contribution is -0.126. The van der Waals surface area contributed by atoms with Crippen molar-refractivity contribution in [3.8, 4) is 0 Å². The van der Waals surface area contributed by atoms with E-state index < -0.39 is 0 Å². The normalized spacial score (nSPS) is 16.6. The number of nitrogens with one attached hydrogen (secondary N) is 1. The Morgan fingerprint density at radius 2 is 1.86 bits per heavy atom. The molecule has 1 aromatic carbocycles. The standard InChI is InChI=1S/C28H36N6O2/c1-19-10-8-12-24-26(19)34(28(30-24)31-27(36)22-16-20(2)29-21(3)17-22)23-11-6-7-15-33(18-23)25(35)13-9-14-32(4)5/h8-10,12-13,16-17,23H,6-7,11,14-15,18H2,1-5H3,(H,30,31,36)/b13-9+. The number of aryl methyl sites for hydroxylation is 3. The van der Waals surface area contributed by atoms with Gasteiger partial charge in [-0.1, -0.05) is 18.2 Å². The topological polar surface area (TPSA) is 83.4 Å². The number of benzene rings is 1. The van der Waals surface area contributed by atoms with Gasteiger partial charge in [0.2, 0.25) is 11.9 Å². The Hall–Kier alpha value is -3.52. The smallest absolute Gasteiger partial charge is 0.258 e. The number of carbonyl (C=O) groups excluding carboxylic acids is 2. The second kappa shape index (κ2) is 11.0. The highest BCUT2D eigenvalue weighted by molar-refractivity contribution is 6.04. The number of hydrogen-bond acceptors (Lipinski definition) is 5. The summed E-state index contributed by atoms with van der Waals surface area (Å²) >= 11 is 0. The minimum atomic E-state index is -0.217. The van der Waals surface area contributed by atoms with Crippen molar-refractivity contribution in [3.63, 3.8) is 0 Å². The number of likely N-dealkylation sites (N-methyl/N-ethyl adjacent to an activating group) is 1. The van der Waals surface area contributed by atoms with Crippen LogP contribution in [-0.2, 0) is 4.79 Å². The Morgan fingerprint density at radius 3 is 2.58 bits per heavy atom. The summed E-state index contributed by atoms with van der Waals surface area (Å²) in [4.78, 5) is 39.4. The zero-order chi connectivity index (χ0) is 25.8. The van der Waals surface area contributed by atoms with Crippen LogP contribution in [0.4, 0.5) is 5.95 Å². The fourth-order valence-corrected chi connectivity index (χ4v) is 4.90. The van der Waals surface area contributed by atoms with E-state index in [1.807, 2.05) is 56.0 Å². The summed E-state index contributed by atoms with van der Waals surface area (Å²) in [7, 11) is 3.96. The van der Waals surface area contributed by atoms with Crippen LogP contribution in [0, 0.1) is 20.8 Å². The highest BCUT2D eigenvalue weighted by Gasteiger charge is 2.27. The summed E-state index contributed by atoms with van der Waals surface area (Å²) in [6.45, 7) is 7.84. The average Bonchev–Trinajstić information content (AvgIpc) is 3.00. The van der Waals surface area contributed by atoms with Crippen LogP contribution in [0.1, 0.15) is 52.6 Å². The SMILES string of the molecule is Cc1cc(C(=O)Nc2nc3cccc(C)c3n2C2CCCCN(C(=O)/C=C/CN(C)C)C2)cc(C)n1. The third-order valence-electron chi connectivity index (χ3n) is 6.54. The van der Waals surface area contributed by atoms with E-state index in [0.717, 1.165) is 60.3 Å². The van der Waals surface area contributed by atoms with Gasteiger partial charge in [0.1, 0.15) is 0 Å². The third-order valence-corrected chi connectivity index (χ3v) is 6.54. The molecule has 1 aliphatic rings. The number of imidazole rings is 1. The molecule has 4 rings (SSSR count). The number of fused-ring (bicyclic) bond motifs is 1. The van der Waals surface area contributed by atoms with E-state index in [4.69, 9.17) is 4.98 Å². The van der Waals surface area contributed by atoms with Crippen molar-refractivity contribution in [1.82, 2.24) is 24.3 Å². The number of amides is 2. The monoisotopic (exact) mass is 488 g/mol. The molecule has 190 valence electrons. The van der Waals surface area contributed by atoms with E-state index in [2.05, 4.69) is 27.9 Å². The van der Waals surface area contributed by atoms with Crippen molar-refractivity contribution in [2.75, 3.05) is 39.0 Å². The summed E-state index contributed by atoms with van der Waals surface area (Å²) in [5, 5.41) is 3.07. The van der Waals surface area contributed by atoms with Crippen molar-refractivity contribution in [1.29, 1.82) is 0 Å². The Balaban J connectivity index is 1.68. The zero-order valence-corrected chi connectivity index (χ0v) is 21.9. The molecule has 8 nitrogen and oxygen atoms in total. The summed E-state index contributed by atoms with van der Waals surface area (Å²) in [5.41, 5.74) is 5.07. The number of nitrogens with zero attached hydrogens (tertiary/aromatic N) is 5. The van der Waals surface area contributed by atoms with Gasteiger partial charge in [0.05, 0.1) is 17.1 Å². The van der Waals surface area contributed by atoms with Gasteiger partial charge in [0.15, 0.2) is 0 Å².